The van der Waals surface area contributed by atoms with E-state index in [0.717, 1.165) is 22.9 Å². The Hall–Kier alpha value is -4.17. The molecule has 1 heterocycles. The number of ether oxygens (including phenoxy) is 1. The number of nitrogens with zero attached hydrogens (tertiary/aromatic N) is 2. The van der Waals surface area contributed by atoms with Crippen LogP contribution in [0.25, 0.3) is 10.9 Å². The van der Waals surface area contributed by atoms with E-state index >= 15 is 0 Å². The van der Waals surface area contributed by atoms with Crippen LogP contribution in [-0.4, -0.2) is 11.3 Å². The van der Waals surface area contributed by atoms with E-state index in [9.17, 15) is 4.79 Å². The summed E-state index contributed by atoms with van der Waals surface area (Å²) in [4.78, 5) is 15.5. The fraction of sp³-hybridized carbons (Fsp3) is 0. The minimum absolute atomic E-state index is 0.593. The number of aromatic nitrogens is 1. The van der Waals surface area contributed by atoms with Crippen molar-refractivity contribution in [2.75, 3.05) is 5.32 Å². The molecule has 0 bridgehead atoms. The summed E-state index contributed by atoms with van der Waals surface area (Å²) in [6.45, 7) is 0. The summed E-state index contributed by atoms with van der Waals surface area (Å²) in [5.74, 6) is 1.91. The van der Waals surface area contributed by atoms with Crippen molar-refractivity contribution in [1.29, 1.82) is 5.26 Å². The number of nitrogens with one attached hydrogen (secondary N) is 1. The van der Waals surface area contributed by atoms with E-state index in [1.54, 1.807) is 36.4 Å². The van der Waals surface area contributed by atoms with Crippen LogP contribution in [-0.2, 0) is 0 Å². The molecule has 0 radical (unpaired) electrons. The highest BCUT2D eigenvalue weighted by Gasteiger charge is 2.09. The summed E-state index contributed by atoms with van der Waals surface area (Å²) in [7, 11) is 0. The Morgan fingerprint density at radius 3 is 2.43 bits per heavy atom. The van der Waals surface area contributed by atoms with E-state index in [4.69, 9.17) is 10.00 Å². The molecule has 5 nitrogen and oxygen atoms in total. The molecule has 0 aliphatic rings. The highest BCUT2D eigenvalue weighted by atomic mass is 16.5. The van der Waals surface area contributed by atoms with Crippen LogP contribution in [0.2, 0.25) is 0 Å². The number of nitriles is 1. The minimum Gasteiger partial charge on any atom is -0.457 e. The zero-order valence-corrected chi connectivity index (χ0v) is 14.8. The van der Waals surface area contributed by atoms with Gasteiger partial charge in [-0.15, -0.1) is 0 Å². The SMILES string of the molecule is N#Cc1ccc(Nc2cc(Oc3ccc(C=O)cc3)c3ccccc3n2)cc1. The molecule has 0 fully saturated rings. The molecular weight excluding hydrogens is 350 g/mol. The number of hydrogen-bond donors (Lipinski definition) is 1. The van der Waals surface area contributed by atoms with E-state index in [1.807, 2.05) is 42.5 Å². The van der Waals surface area contributed by atoms with Crippen molar-refractivity contribution in [1.82, 2.24) is 4.98 Å². The molecule has 1 aromatic heterocycles. The maximum absolute atomic E-state index is 10.8. The summed E-state index contributed by atoms with van der Waals surface area (Å²) in [5, 5.41) is 13.1. The van der Waals surface area contributed by atoms with Gasteiger partial charge in [0.2, 0.25) is 0 Å². The molecule has 0 unspecified atom stereocenters. The lowest BCUT2D eigenvalue weighted by Gasteiger charge is -2.12. The second-order valence-electron chi connectivity index (χ2n) is 6.13. The molecule has 0 atom stereocenters. The van der Waals surface area contributed by atoms with Crippen LogP contribution in [0.15, 0.2) is 78.9 Å². The van der Waals surface area contributed by atoms with Crippen molar-refractivity contribution in [3.05, 3.63) is 90.0 Å². The molecule has 4 rings (SSSR count). The van der Waals surface area contributed by atoms with Crippen molar-refractivity contribution < 1.29 is 9.53 Å². The van der Waals surface area contributed by atoms with Gasteiger partial charge >= 0.3 is 0 Å². The first kappa shape index (κ1) is 17.3. The summed E-state index contributed by atoms with van der Waals surface area (Å²) >= 11 is 0. The molecule has 3 aromatic carbocycles. The molecular formula is C23H15N3O2. The number of para-hydroxylation sites is 1. The van der Waals surface area contributed by atoms with Crippen molar-refractivity contribution in [2.24, 2.45) is 0 Å². The first-order chi connectivity index (χ1) is 13.7. The number of benzene rings is 3. The molecule has 0 amide bonds. The smallest absolute Gasteiger partial charge is 0.150 e. The zero-order valence-electron chi connectivity index (χ0n) is 14.8. The first-order valence-electron chi connectivity index (χ1n) is 8.65. The van der Waals surface area contributed by atoms with Crippen LogP contribution in [0.4, 0.5) is 11.5 Å². The second-order valence-corrected chi connectivity index (χ2v) is 6.13. The third-order valence-electron chi connectivity index (χ3n) is 4.21. The lowest BCUT2D eigenvalue weighted by molar-refractivity contribution is 0.112. The number of pyridine rings is 1. The molecule has 5 heteroatoms. The third kappa shape index (κ3) is 3.67. The summed E-state index contributed by atoms with van der Waals surface area (Å²) in [6.07, 6.45) is 0.797. The minimum atomic E-state index is 0.593. The average Bonchev–Trinajstić information content (AvgIpc) is 2.75. The van der Waals surface area contributed by atoms with Crippen LogP contribution in [0, 0.1) is 11.3 Å². The topological polar surface area (TPSA) is 75.0 Å². The van der Waals surface area contributed by atoms with E-state index in [1.165, 1.54) is 0 Å². The van der Waals surface area contributed by atoms with Gasteiger partial charge in [-0.25, -0.2) is 4.98 Å². The summed E-state index contributed by atoms with van der Waals surface area (Å²) in [5.41, 5.74) is 2.80. The molecule has 0 aliphatic carbocycles. The van der Waals surface area contributed by atoms with Gasteiger partial charge in [0.1, 0.15) is 23.6 Å². The number of hydrogen-bond acceptors (Lipinski definition) is 5. The van der Waals surface area contributed by atoms with Gasteiger partial charge in [-0.2, -0.15) is 5.26 Å². The highest BCUT2D eigenvalue weighted by Crippen LogP contribution is 2.32. The number of carbonyl (C=O) groups excluding carboxylic acids is 1. The van der Waals surface area contributed by atoms with Gasteiger partial charge in [-0.1, -0.05) is 12.1 Å². The van der Waals surface area contributed by atoms with E-state index in [2.05, 4.69) is 16.4 Å². The van der Waals surface area contributed by atoms with Crippen molar-refractivity contribution in [3.63, 3.8) is 0 Å². The first-order valence-corrected chi connectivity index (χ1v) is 8.65. The molecule has 4 aromatic rings. The van der Waals surface area contributed by atoms with Crippen molar-refractivity contribution in [2.45, 2.75) is 0 Å². The molecule has 28 heavy (non-hydrogen) atoms. The molecule has 0 saturated carbocycles. The molecule has 0 saturated heterocycles. The predicted molar refractivity (Wildman–Crippen MR) is 108 cm³/mol. The van der Waals surface area contributed by atoms with Gasteiger partial charge in [0.25, 0.3) is 0 Å². The molecule has 0 spiro atoms. The Balaban J connectivity index is 1.69. The number of anilines is 2. The van der Waals surface area contributed by atoms with Gasteiger partial charge in [0.05, 0.1) is 17.1 Å². The third-order valence-corrected chi connectivity index (χ3v) is 4.21. The Kier molecular flexibility index (Phi) is 4.68. The van der Waals surface area contributed by atoms with Crippen LogP contribution in [0.1, 0.15) is 15.9 Å². The monoisotopic (exact) mass is 365 g/mol. The maximum Gasteiger partial charge on any atom is 0.150 e. The largest absolute Gasteiger partial charge is 0.457 e. The quantitative estimate of drug-likeness (QED) is 0.476. The standard InChI is InChI=1S/C23H15N3O2/c24-14-16-5-9-18(10-6-16)25-23-13-22(20-3-1-2-4-21(20)26-23)28-19-11-7-17(15-27)8-12-19/h1-13,15H,(H,25,26). The number of aldehydes is 1. The summed E-state index contributed by atoms with van der Waals surface area (Å²) < 4.78 is 6.07. The van der Waals surface area contributed by atoms with E-state index < -0.39 is 0 Å². The molecule has 134 valence electrons. The van der Waals surface area contributed by atoms with Gasteiger partial charge in [-0.05, 0) is 60.7 Å². The zero-order chi connectivity index (χ0) is 19.3. The fourth-order valence-electron chi connectivity index (χ4n) is 2.81. The molecule has 0 aliphatic heterocycles. The number of carbonyl (C=O) groups is 1. The van der Waals surface area contributed by atoms with E-state index in [-0.39, 0.29) is 0 Å². The lowest BCUT2D eigenvalue weighted by Crippen LogP contribution is -1.96. The number of fused-ring (bicyclic) bond motifs is 1. The predicted octanol–water partition coefficient (Wildman–Crippen LogP) is 5.45. The van der Waals surface area contributed by atoms with Crippen LogP contribution >= 0.6 is 0 Å². The number of rotatable bonds is 5. The van der Waals surface area contributed by atoms with Crippen LogP contribution in [0.3, 0.4) is 0 Å². The van der Waals surface area contributed by atoms with Gasteiger partial charge < -0.3 is 10.1 Å². The highest BCUT2D eigenvalue weighted by molar-refractivity contribution is 5.87. The van der Waals surface area contributed by atoms with Crippen LogP contribution in [0.5, 0.6) is 11.5 Å². The summed E-state index contributed by atoms with van der Waals surface area (Å²) in [6, 6.07) is 25.7. The van der Waals surface area contributed by atoms with Crippen molar-refractivity contribution >= 4 is 28.7 Å². The second kappa shape index (κ2) is 7.60. The van der Waals surface area contributed by atoms with E-state index in [0.29, 0.717) is 28.4 Å². The average molecular weight is 365 g/mol. The van der Waals surface area contributed by atoms with Crippen molar-refractivity contribution in [3.8, 4) is 17.6 Å². The Morgan fingerprint density at radius 2 is 1.71 bits per heavy atom. The Labute approximate surface area is 161 Å². The lowest BCUT2D eigenvalue weighted by atomic mass is 10.2. The normalized spacial score (nSPS) is 10.2. The van der Waals surface area contributed by atoms with Gasteiger partial charge in [0.15, 0.2) is 0 Å². The van der Waals surface area contributed by atoms with Gasteiger partial charge in [-0.3, -0.25) is 4.79 Å². The molecule has 1 N–H and O–H groups in total. The Bertz CT molecular complexity index is 1180. The Morgan fingerprint density at radius 1 is 0.964 bits per heavy atom. The fourth-order valence-corrected chi connectivity index (χ4v) is 2.81. The maximum atomic E-state index is 10.8. The van der Waals surface area contributed by atoms with Gasteiger partial charge in [0, 0.05) is 22.7 Å². The van der Waals surface area contributed by atoms with Crippen LogP contribution < -0.4 is 10.1 Å².